The van der Waals surface area contributed by atoms with Gasteiger partial charge in [-0.05, 0) is 31.5 Å². The molecule has 0 aliphatic heterocycles. The number of nitrogens with one attached hydrogen (secondary N) is 1. The van der Waals surface area contributed by atoms with Crippen LogP contribution in [0, 0.1) is 5.82 Å². The molecule has 1 aromatic heterocycles. The lowest BCUT2D eigenvalue weighted by Gasteiger charge is -2.18. The largest absolute Gasteiger partial charge is 0.309 e. The first kappa shape index (κ1) is 13.1. The molecule has 16 heavy (non-hydrogen) atoms. The first-order chi connectivity index (χ1) is 7.79. The summed E-state index contributed by atoms with van der Waals surface area (Å²) in [5.74, 6) is -0.202. The van der Waals surface area contributed by atoms with E-state index in [4.69, 9.17) is 0 Å². The molecule has 0 aromatic carbocycles. The van der Waals surface area contributed by atoms with E-state index in [1.165, 1.54) is 6.07 Å². The third-order valence-electron chi connectivity index (χ3n) is 2.60. The SMILES string of the molecule is CCCCC(NCCC)c1ncccc1F. The van der Waals surface area contributed by atoms with Crippen molar-refractivity contribution in [1.82, 2.24) is 10.3 Å². The van der Waals surface area contributed by atoms with E-state index in [-0.39, 0.29) is 11.9 Å². The van der Waals surface area contributed by atoms with Gasteiger partial charge >= 0.3 is 0 Å². The second-order valence-electron chi connectivity index (χ2n) is 4.02. The van der Waals surface area contributed by atoms with Gasteiger partial charge in [0.25, 0.3) is 0 Å². The van der Waals surface area contributed by atoms with Crippen LogP contribution in [0.1, 0.15) is 51.3 Å². The van der Waals surface area contributed by atoms with Crippen molar-refractivity contribution in [3.63, 3.8) is 0 Å². The van der Waals surface area contributed by atoms with Crippen molar-refractivity contribution >= 4 is 0 Å². The predicted molar refractivity (Wildman–Crippen MR) is 64.8 cm³/mol. The van der Waals surface area contributed by atoms with Crippen LogP contribution in [0.3, 0.4) is 0 Å². The van der Waals surface area contributed by atoms with Crippen LogP contribution < -0.4 is 5.32 Å². The van der Waals surface area contributed by atoms with Gasteiger partial charge in [0.15, 0.2) is 0 Å². The predicted octanol–water partition coefficient (Wildman–Crippen LogP) is 3.45. The van der Waals surface area contributed by atoms with Crippen LogP contribution >= 0.6 is 0 Å². The van der Waals surface area contributed by atoms with Crippen molar-refractivity contribution in [1.29, 1.82) is 0 Å². The zero-order chi connectivity index (χ0) is 11.8. The number of pyridine rings is 1. The highest BCUT2D eigenvalue weighted by Gasteiger charge is 2.15. The highest BCUT2D eigenvalue weighted by atomic mass is 19.1. The first-order valence-corrected chi connectivity index (χ1v) is 6.13. The average molecular weight is 224 g/mol. The van der Waals surface area contributed by atoms with Crippen LogP contribution in [0.25, 0.3) is 0 Å². The topological polar surface area (TPSA) is 24.9 Å². The number of rotatable bonds is 7. The van der Waals surface area contributed by atoms with Crippen molar-refractivity contribution in [2.45, 2.75) is 45.6 Å². The van der Waals surface area contributed by atoms with Crippen LogP contribution in [-0.4, -0.2) is 11.5 Å². The summed E-state index contributed by atoms with van der Waals surface area (Å²) in [5, 5.41) is 3.36. The Hall–Kier alpha value is -0.960. The van der Waals surface area contributed by atoms with Crippen LogP contribution in [0.5, 0.6) is 0 Å². The Morgan fingerprint density at radius 1 is 1.38 bits per heavy atom. The number of hydrogen-bond donors (Lipinski definition) is 1. The Kier molecular flexibility index (Phi) is 6.01. The van der Waals surface area contributed by atoms with Crippen molar-refractivity contribution in [2.75, 3.05) is 6.54 Å². The molecule has 1 aromatic rings. The molecular weight excluding hydrogens is 203 g/mol. The van der Waals surface area contributed by atoms with Gasteiger partial charge in [-0.1, -0.05) is 26.7 Å². The molecule has 90 valence electrons. The number of nitrogens with zero attached hydrogens (tertiary/aromatic N) is 1. The molecule has 0 bridgehead atoms. The zero-order valence-corrected chi connectivity index (χ0v) is 10.2. The van der Waals surface area contributed by atoms with E-state index >= 15 is 0 Å². The summed E-state index contributed by atoms with van der Waals surface area (Å²) in [5.41, 5.74) is 0.560. The summed E-state index contributed by atoms with van der Waals surface area (Å²) < 4.78 is 13.6. The minimum absolute atomic E-state index is 0.0566. The normalized spacial score (nSPS) is 12.7. The maximum absolute atomic E-state index is 13.6. The maximum atomic E-state index is 13.6. The maximum Gasteiger partial charge on any atom is 0.146 e. The smallest absolute Gasteiger partial charge is 0.146 e. The first-order valence-electron chi connectivity index (χ1n) is 6.13. The van der Waals surface area contributed by atoms with Crippen molar-refractivity contribution in [3.05, 3.63) is 29.8 Å². The summed E-state index contributed by atoms with van der Waals surface area (Å²) in [6.45, 7) is 5.16. The summed E-state index contributed by atoms with van der Waals surface area (Å²) >= 11 is 0. The highest BCUT2D eigenvalue weighted by molar-refractivity contribution is 5.11. The molecule has 0 saturated carbocycles. The number of hydrogen-bond acceptors (Lipinski definition) is 2. The molecule has 1 atom stereocenters. The molecule has 1 unspecified atom stereocenters. The fourth-order valence-electron chi connectivity index (χ4n) is 1.72. The van der Waals surface area contributed by atoms with Crippen LogP contribution in [0.2, 0.25) is 0 Å². The summed E-state index contributed by atoms with van der Waals surface area (Å²) in [4.78, 5) is 4.15. The highest BCUT2D eigenvalue weighted by Crippen LogP contribution is 2.19. The molecule has 0 saturated heterocycles. The minimum atomic E-state index is -0.202. The fraction of sp³-hybridized carbons (Fsp3) is 0.615. The van der Waals surface area contributed by atoms with Crippen LogP contribution in [0.15, 0.2) is 18.3 Å². The van der Waals surface area contributed by atoms with E-state index in [0.717, 1.165) is 32.2 Å². The third kappa shape index (κ3) is 3.89. The molecule has 0 aliphatic carbocycles. The van der Waals surface area contributed by atoms with Gasteiger partial charge in [0.05, 0.1) is 11.7 Å². The summed E-state index contributed by atoms with van der Waals surface area (Å²) in [6, 6.07) is 3.17. The van der Waals surface area contributed by atoms with E-state index in [9.17, 15) is 4.39 Å². The van der Waals surface area contributed by atoms with Crippen molar-refractivity contribution in [3.8, 4) is 0 Å². The minimum Gasteiger partial charge on any atom is -0.309 e. The molecule has 0 spiro atoms. The van der Waals surface area contributed by atoms with E-state index < -0.39 is 0 Å². The Morgan fingerprint density at radius 3 is 2.81 bits per heavy atom. The Morgan fingerprint density at radius 2 is 2.19 bits per heavy atom. The average Bonchev–Trinajstić information content (AvgIpc) is 2.31. The molecule has 0 amide bonds. The molecule has 0 fully saturated rings. The fourth-order valence-corrected chi connectivity index (χ4v) is 1.72. The molecular formula is C13H21FN2. The monoisotopic (exact) mass is 224 g/mol. The standard InChI is InChI=1S/C13H21FN2/c1-3-5-8-12(15-9-4-2)13-11(14)7-6-10-16-13/h6-7,10,12,15H,3-5,8-9H2,1-2H3. The van der Waals surface area contributed by atoms with E-state index in [2.05, 4.69) is 24.1 Å². The van der Waals surface area contributed by atoms with Crippen LogP contribution in [0.4, 0.5) is 4.39 Å². The van der Waals surface area contributed by atoms with Gasteiger partial charge in [-0.3, -0.25) is 4.98 Å². The quantitative estimate of drug-likeness (QED) is 0.767. The van der Waals surface area contributed by atoms with E-state index in [1.807, 2.05) is 0 Å². The molecule has 2 nitrogen and oxygen atoms in total. The second-order valence-corrected chi connectivity index (χ2v) is 4.02. The third-order valence-corrected chi connectivity index (χ3v) is 2.60. The summed E-state index contributed by atoms with van der Waals surface area (Å²) in [6.07, 6.45) is 5.88. The van der Waals surface area contributed by atoms with Gasteiger partial charge in [0.1, 0.15) is 5.82 Å². The van der Waals surface area contributed by atoms with Gasteiger partial charge < -0.3 is 5.32 Å². The number of unbranched alkanes of at least 4 members (excludes halogenated alkanes) is 1. The Balaban J connectivity index is 2.70. The van der Waals surface area contributed by atoms with E-state index in [1.54, 1.807) is 12.3 Å². The molecule has 1 rings (SSSR count). The molecule has 1 N–H and O–H groups in total. The summed E-state index contributed by atoms with van der Waals surface area (Å²) in [7, 11) is 0. The molecule has 1 heterocycles. The van der Waals surface area contributed by atoms with Gasteiger partial charge in [-0.2, -0.15) is 0 Å². The number of halogens is 1. The lowest BCUT2D eigenvalue weighted by Crippen LogP contribution is -2.24. The number of aromatic nitrogens is 1. The van der Waals surface area contributed by atoms with Gasteiger partial charge in [-0.25, -0.2) is 4.39 Å². The zero-order valence-electron chi connectivity index (χ0n) is 10.2. The van der Waals surface area contributed by atoms with Crippen molar-refractivity contribution < 1.29 is 4.39 Å². The molecule has 0 aliphatic rings. The van der Waals surface area contributed by atoms with Crippen LogP contribution in [-0.2, 0) is 0 Å². The second kappa shape index (κ2) is 7.34. The molecule has 0 radical (unpaired) electrons. The van der Waals surface area contributed by atoms with Gasteiger partial charge in [-0.15, -0.1) is 0 Å². The lowest BCUT2D eigenvalue weighted by molar-refractivity contribution is 0.448. The van der Waals surface area contributed by atoms with Gasteiger partial charge in [0, 0.05) is 6.20 Å². The Labute approximate surface area is 97.3 Å². The Bertz CT molecular complexity index is 294. The van der Waals surface area contributed by atoms with Gasteiger partial charge in [0.2, 0.25) is 0 Å². The van der Waals surface area contributed by atoms with Crippen molar-refractivity contribution in [2.24, 2.45) is 0 Å². The lowest BCUT2D eigenvalue weighted by atomic mass is 10.1. The van der Waals surface area contributed by atoms with E-state index in [0.29, 0.717) is 5.69 Å². The molecule has 3 heteroatoms.